The molecule has 0 spiro atoms. The molecule has 0 radical (unpaired) electrons. The van der Waals surface area contributed by atoms with Crippen molar-refractivity contribution < 1.29 is 8.81 Å². The molecule has 0 fully saturated rings. The molecule has 2 aromatic rings. The van der Waals surface area contributed by atoms with Gasteiger partial charge in [0.2, 0.25) is 5.89 Å². The molecule has 1 aromatic carbocycles. The molecule has 1 atom stereocenters. The van der Waals surface area contributed by atoms with E-state index in [0.717, 1.165) is 10.9 Å². The number of rotatable bonds is 3. The Labute approximate surface area is 115 Å². The van der Waals surface area contributed by atoms with Crippen LogP contribution in [0.1, 0.15) is 24.1 Å². The topological polar surface area (TPSA) is 38.9 Å². The number of hydrogen-bond donors (Lipinski definition) is 0. The predicted molar refractivity (Wildman–Crippen MR) is 69.4 cm³/mol. The van der Waals surface area contributed by atoms with Gasteiger partial charge in [0.05, 0.1) is 10.4 Å². The number of nitrogens with zero attached hydrogens (tertiary/aromatic N) is 2. The van der Waals surface area contributed by atoms with Crippen LogP contribution in [0.15, 0.2) is 27.1 Å². The van der Waals surface area contributed by atoms with Crippen LogP contribution in [0, 0.1) is 5.82 Å². The fourth-order valence-corrected chi connectivity index (χ4v) is 1.85. The lowest BCUT2D eigenvalue weighted by Crippen LogP contribution is -1.86. The summed E-state index contributed by atoms with van der Waals surface area (Å²) in [7, 11) is 0. The molecular formula is C11H9Br2FN2O. The molecule has 0 aliphatic heterocycles. The zero-order chi connectivity index (χ0) is 12.4. The van der Waals surface area contributed by atoms with Crippen LogP contribution < -0.4 is 0 Å². The van der Waals surface area contributed by atoms with Crippen molar-refractivity contribution in [1.29, 1.82) is 0 Å². The fourth-order valence-electron chi connectivity index (χ4n) is 1.31. The summed E-state index contributed by atoms with van der Waals surface area (Å²) in [5, 5.41) is 7.74. The van der Waals surface area contributed by atoms with Crippen LogP contribution in [0.4, 0.5) is 4.39 Å². The van der Waals surface area contributed by atoms with Crippen molar-refractivity contribution in [2.45, 2.75) is 18.2 Å². The molecular weight excluding hydrogens is 355 g/mol. The summed E-state index contributed by atoms with van der Waals surface area (Å²) in [4.78, 5) is -0.000959. The number of aromatic nitrogens is 2. The van der Waals surface area contributed by atoms with Crippen molar-refractivity contribution in [2.24, 2.45) is 0 Å². The maximum absolute atomic E-state index is 13.6. The van der Waals surface area contributed by atoms with Gasteiger partial charge in [-0.3, -0.25) is 0 Å². The van der Waals surface area contributed by atoms with Gasteiger partial charge in [-0.25, -0.2) is 4.39 Å². The second-order valence-corrected chi connectivity index (χ2v) is 5.47. The molecule has 0 aliphatic carbocycles. The van der Waals surface area contributed by atoms with E-state index in [-0.39, 0.29) is 16.5 Å². The molecule has 1 unspecified atom stereocenters. The largest absolute Gasteiger partial charge is 0.419 e. The molecule has 6 heteroatoms. The van der Waals surface area contributed by atoms with Crippen LogP contribution in [0.2, 0.25) is 0 Å². The van der Waals surface area contributed by atoms with Crippen molar-refractivity contribution in [3.8, 4) is 11.5 Å². The normalized spacial score (nSPS) is 12.7. The van der Waals surface area contributed by atoms with Crippen molar-refractivity contribution in [2.75, 3.05) is 0 Å². The summed E-state index contributed by atoms with van der Waals surface area (Å²) < 4.78 is 19.8. The fraction of sp³-hybridized carbons (Fsp3) is 0.273. The van der Waals surface area contributed by atoms with Gasteiger partial charge in [-0.05, 0) is 24.6 Å². The third-order valence-electron chi connectivity index (χ3n) is 2.23. The quantitative estimate of drug-likeness (QED) is 0.754. The van der Waals surface area contributed by atoms with Gasteiger partial charge in [0.25, 0.3) is 5.89 Å². The van der Waals surface area contributed by atoms with E-state index in [1.807, 2.05) is 6.92 Å². The first-order valence-corrected chi connectivity index (χ1v) is 6.75. The van der Waals surface area contributed by atoms with E-state index < -0.39 is 0 Å². The van der Waals surface area contributed by atoms with Crippen LogP contribution in [0.5, 0.6) is 0 Å². The van der Waals surface area contributed by atoms with E-state index in [4.69, 9.17) is 4.42 Å². The van der Waals surface area contributed by atoms with Gasteiger partial charge in [0.1, 0.15) is 5.82 Å². The van der Waals surface area contributed by atoms with Crippen LogP contribution in [0.3, 0.4) is 0 Å². The predicted octanol–water partition coefficient (Wildman–Crippen LogP) is 4.48. The summed E-state index contributed by atoms with van der Waals surface area (Å²) in [6.45, 7) is 1.99. The Balaban J connectivity index is 2.40. The lowest BCUT2D eigenvalue weighted by molar-refractivity contribution is 0.496. The highest BCUT2D eigenvalue weighted by molar-refractivity contribution is 9.10. The Morgan fingerprint density at radius 3 is 2.88 bits per heavy atom. The maximum Gasteiger partial charge on any atom is 0.250 e. The van der Waals surface area contributed by atoms with Gasteiger partial charge in [-0.1, -0.05) is 38.8 Å². The molecule has 1 aromatic heterocycles. The third-order valence-corrected chi connectivity index (χ3v) is 3.76. The minimum Gasteiger partial charge on any atom is -0.419 e. The molecule has 3 nitrogen and oxygen atoms in total. The molecule has 0 amide bonds. The maximum atomic E-state index is 13.6. The summed E-state index contributed by atoms with van der Waals surface area (Å²) in [6, 6.07) is 4.59. The molecule has 17 heavy (non-hydrogen) atoms. The highest BCUT2D eigenvalue weighted by Gasteiger charge is 2.17. The smallest absolute Gasteiger partial charge is 0.250 e. The lowest BCUT2D eigenvalue weighted by atomic mass is 10.2. The van der Waals surface area contributed by atoms with E-state index in [9.17, 15) is 4.39 Å². The highest BCUT2D eigenvalue weighted by atomic mass is 79.9. The molecule has 1 heterocycles. The molecule has 0 saturated heterocycles. The zero-order valence-electron chi connectivity index (χ0n) is 8.95. The lowest BCUT2D eigenvalue weighted by Gasteiger charge is -2.00. The number of halogens is 3. The van der Waals surface area contributed by atoms with Crippen LogP contribution >= 0.6 is 31.9 Å². The SMILES string of the molecule is CCC(Br)c1nnc(-c2cc(Br)ccc2F)o1. The van der Waals surface area contributed by atoms with Gasteiger partial charge >= 0.3 is 0 Å². The first-order chi connectivity index (χ1) is 8.11. The summed E-state index contributed by atoms with van der Waals surface area (Å²) in [6.07, 6.45) is 0.822. The van der Waals surface area contributed by atoms with Gasteiger partial charge in [-0.15, -0.1) is 10.2 Å². The van der Waals surface area contributed by atoms with Gasteiger partial charge < -0.3 is 4.42 Å². The summed E-state index contributed by atoms with van der Waals surface area (Å²) in [5.41, 5.74) is 0.300. The van der Waals surface area contributed by atoms with Crippen LogP contribution in [0.25, 0.3) is 11.5 Å². The Morgan fingerprint density at radius 1 is 1.41 bits per heavy atom. The number of alkyl halides is 1. The zero-order valence-corrected chi connectivity index (χ0v) is 12.1. The van der Waals surface area contributed by atoms with E-state index in [2.05, 4.69) is 42.1 Å². The second kappa shape index (κ2) is 5.27. The monoisotopic (exact) mass is 362 g/mol. The Bertz CT molecular complexity index is 530. The molecule has 0 saturated carbocycles. The number of hydrogen-bond acceptors (Lipinski definition) is 3. The third kappa shape index (κ3) is 2.74. The van der Waals surface area contributed by atoms with Gasteiger partial charge in [0.15, 0.2) is 0 Å². The average Bonchev–Trinajstić information content (AvgIpc) is 2.80. The molecule has 90 valence electrons. The van der Waals surface area contributed by atoms with Crippen molar-refractivity contribution in [3.63, 3.8) is 0 Å². The van der Waals surface area contributed by atoms with Crippen molar-refractivity contribution in [1.82, 2.24) is 10.2 Å². The van der Waals surface area contributed by atoms with Crippen molar-refractivity contribution >= 4 is 31.9 Å². The van der Waals surface area contributed by atoms with Gasteiger partial charge in [0, 0.05) is 4.47 Å². The standard InChI is InChI=1S/C11H9Br2FN2O/c1-2-8(13)11-16-15-10(17-11)7-5-6(12)3-4-9(7)14/h3-5,8H,2H2,1H3. The summed E-state index contributed by atoms with van der Waals surface area (Å²) >= 11 is 6.68. The second-order valence-electron chi connectivity index (χ2n) is 3.45. The molecule has 0 bridgehead atoms. The minimum atomic E-state index is -0.383. The molecule has 0 N–H and O–H groups in total. The molecule has 0 aliphatic rings. The van der Waals surface area contributed by atoms with E-state index in [1.165, 1.54) is 6.07 Å². The van der Waals surface area contributed by atoms with E-state index >= 15 is 0 Å². The first-order valence-electron chi connectivity index (χ1n) is 5.04. The van der Waals surface area contributed by atoms with Crippen LogP contribution in [-0.4, -0.2) is 10.2 Å². The minimum absolute atomic E-state index is 0.000959. The Hall–Kier alpha value is -0.750. The Morgan fingerprint density at radius 2 is 2.18 bits per heavy atom. The first kappa shape index (κ1) is 12.7. The van der Waals surface area contributed by atoms with E-state index in [0.29, 0.717) is 11.5 Å². The molecule has 2 rings (SSSR count). The summed E-state index contributed by atoms with van der Waals surface area (Å²) in [5.74, 6) is 0.268. The van der Waals surface area contributed by atoms with Gasteiger partial charge in [-0.2, -0.15) is 0 Å². The highest BCUT2D eigenvalue weighted by Crippen LogP contribution is 2.29. The van der Waals surface area contributed by atoms with Crippen LogP contribution in [-0.2, 0) is 0 Å². The van der Waals surface area contributed by atoms with E-state index in [1.54, 1.807) is 12.1 Å². The van der Waals surface area contributed by atoms with Crippen molar-refractivity contribution in [3.05, 3.63) is 34.4 Å². The average molecular weight is 364 g/mol. The number of benzene rings is 1. The Kier molecular flexibility index (Phi) is 3.93.